The van der Waals surface area contributed by atoms with E-state index in [1.807, 2.05) is 42.5 Å². The number of halogens is 1. The van der Waals surface area contributed by atoms with E-state index in [0.717, 1.165) is 28.8 Å². The van der Waals surface area contributed by atoms with E-state index in [2.05, 4.69) is 42.0 Å². The van der Waals surface area contributed by atoms with Crippen LogP contribution in [0.15, 0.2) is 46.9 Å². The second kappa shape index (κ2) is 10.2. The Labute approximate surface area is 164 Å². The molecule has 0 aliphatic heterocycles. The monoisotopic (exact) mass is 419 g/mol. The van der Waals surface area contributed by atoms with Crippen molar-refractivity contribution in [3.63, 3.8) is 0 Å². The summed E-state index contributed by atoms with van der Waals surface area (Å²) >= 11 is 3.47. The Morgan fingerprint density at radius 3 is 2.46 bits per heavy atom. The summed E-state index contributed by atoms with van der Waals surface area (Å²) in [7, 11) is 0. The van der Waals surface area contributed by atoms with Crippen LogP contribution in [0.5, 0.6) is 11.5 Å². The number of amides is 1. The molecule has 0 heterocycles. The molecule has 0 saturated heterocycles. The molecule has 1 N–H and O–H groups in total. The molecule has 5 heteroatoms. The summed E-state index contributed by atoms with van der Waals surface area (Å²) in [6, 6.07) is 13.2. The minimum atomic E-state index is -0.204. The number of benzene rings is 2. The molecule has 2 aromatic carbocycles. The van der Waals surface area contributed by atoms with Crippen molar-refractivity contribution in [3.05, 3.63) is 52.5 Å². The minimum absolute atomic E-state index is 0.0449. The molecule has 0 aliphatic rings. The van der Waals surface area contributed by atoms with E-state index in [1.165, 1.54) is 5.56 Å². The number of anilines is 1. The highest BCUT2D eigenvalue weighted by Crippen LogP contribution is 2.26. The van der Waals surface area contributed by atoms with E-state index in [4.69, 9.17) is 9.47 Å². The zero-order valence-corrected chi connectivity index (χ0v) is 17.1. The van der Waals surface area contributed by atoms with Crippen molar-refractivity contribution in [2.75, 3.05) is 18.5 Å². The fourth-order valence-electron chi connectivity index (χ4n) is 2.27. The highest BCUT2D eigenvalue weighted by atomic mass is 79.9. The normalized spacial score (nSPS) is 10.7. The van der Waals surface area contributed by atoms with Gasteiger partial charge in [-0.15, -0.1) is 0 Å². The van der Waals surface area contributed by atoms with Gasteiger partial charge in [-0.3, -0.25) is 4.79 Å². The number of carbonyl (C=O) groups is 1. The Balaban J connectivity index is 1.80. The average Bonchev–Trinajstić information content (AvgIpc) is 2.61. The van der Waals surface area contributed by atoms with Gasteiger partial charge in [-0.05, 0) is 76.7 Å². The number of carbonyl (C=O) groups excluding carboxylic acids is 1. The maximum atomic E-state index is 12.1. The molecule has 0 aliphatic carbocycles. The molecule has 1 amide bonds. The second-order valence-electron chi connectivity index (χ2n) is 6.51. The third-order valence-corrected chi connectivity index (χ3v) is 4.49. The summed E-state index contributed by atoms with van der Waals surface area (Å²) in [5.74, 6) is 1.88. The van der Waals surface area contributed by atoms with Gasteiger partial charge < -0.3 is 14.8 Å². The molecular formula is C21H26BrNO3. The van der Waals surface area contributed by atoms with E-state index < -0.39 is 0 Å². The number of hydrogen-bond acceptors (Lipinski definition) is 3. The van der Waals surface area contributed by atoms with Crippen molar-refractivity contribution >= 4 is 27.5 Å². The van der Waals surface area contributed by atoms with Gasteiger partial charge >= 0.3 is 0 Å². The van der Waals surface area contributed by atoms with E-state index in [0.29, 0.717) is 18.3 Å². The quantitative estimate of drug-likeness (QED) is 0.587. The van der Waals surface area contributed by atoms with E-state index in [-0.39, 0.29) is 12.5 Å². The lowest BCUT2D eigenvalue weighted by Crippen LogP contribution is -2.20. The Kier molecular flexibility index (Phi) is 7.98. The molecule has 0 fully saturated rings. The van der Waals surface area contributed by atoms with Crippen molar-refractivity contribution in [1.82, 2.24) is 0 Å². The number of ether oxygens (including phenoxy) is 2. The molecule has 0 aromatic heterocycles. The summed E-state index contributed by atoms with van der Waals surface area (Å²) < 4.78 is 12.1. The Morgan fingerprint density at radius 1 is 1.12 bits per heavy atom. The number of aryl methyl sites for hydroxylation is 1. The van der Waals surface area contributed by atoms with Crippen LogP contribution in [0.25, 0.3) is 0 Å². The lowest BCUT2D eigenvalue weighted by Gasteiger charge is -2.11. The van der Waals surface area contributed by atoms with Crippen LogP contribution in [0.1, 0.15) is 32.8 Å². The largest absolute Gasteiger partial charge is 0.494 e. The van der Waals surface area contributed by atoms with Crippen molar-refractivity contribution in [3.8, 4) is 11.5 Å². The average molecular weight is 420 g/mol. The number of rotatable bonds is 9. The van der Waals surface area contributed by atoms with Gasteiger partial charge in [0.25, 0.3) is 5.91 Å². The van der Waals surface area contributed by atoms with Gasteiger partial charge in [0, 0.05) is 5.69 Å². The van der Waals surface area contributed by atoms with E-state index in [1.54, 1.807) is 0 Å². The highest BCUT2D eigenvalue weighted by molar-refractivity contribution is 9.10. The zero-order chi connectivity index (χ0) is 18.9. The first kappa shape index (κ1) is 20.3. The molecule has 0 saturated carbocycles. The van der Waals surface area contributed by atoms with E-state index >= 15 is 0 Å². The van der Waals surface area contributed by atoms with Crippen LogP contribution in [0.4, 0.5) is 5.69 Å². The lowest BCUT2D eigenvalue weighted by atomic mass is 10.1. The van der Waals surface area contributed by atoms with Crippen molar-refractivity contribution in [2.24, 2.45) is 5.92 Å². The van der Waals surface area contributed by atoms with Crippen LogP contribution in [0, 0.1) is 5.92 Å². The third kappa shape index (κ3) is 6.71. The van der Waals surface area contributed by atoms with Gasteiger partial charge in [-0.25, -0.2) is 0 Å². The first-order valence-electron chi connectivity index (χ1n) is 8.92. The molecule has 2 rings (SSSR count). The van der Waals surface area contributed by atoms with Gasteiger partial charge in [0.2, 0.25) is 0 Å². The molecule has 0 unspecified atom stereocenters. The van der Waals surface area contributed by atoms with Crippen LogP contribution in [-0.2, 0) is 11.2 Å². The predicted octanol–water partition coefficient (Wildman–Crippen LogP) is 5.45. The highest BCUT2D eigenvalue weighted by Gasteiger charge is 2.07. The van der Waals surface area contributed by atoms with Crippen LogP contribution < -0.4 is 14.8 Å². The first-order chi connectivity index (χ1) is 12.5. The molecule has 2 aromatic rings. The molecule has 0 radical (unpaired) electrons. The molecule has 0 spiro atoms. The molecule has 26 heavy (non-hydrogen) atoms. The molecule has 0 atom stereocenters. The zero-order valence-electron chi connectivity index (χ0n) is 15.5. The fourth-order valence-corrected chi connectivity index (χ4v) is 2.81. The minimum Gasteiger partial charge on any atom is -0.494 e. The SMILES string of the molecule is CCc1ccc(OCC(=O)Nc2ccc(OCCC(C)C)cc2)c(Br)c1. The van der Waals surface area contributed by atoms with Gasteiger partial charge in [0.15, 0.2) is 6.61 Å². The van der Waals surface area contributed by atoms with Crippen LogP contribution in [-0.4, -0.2) is 19.1 Å². The Morgan fingerprint density at radius 2 is 1.85 bits per heavy atom. The lowest BCUT2D eigenvalue weighted by molar-refractivity contribution is -0.118. The van der Waals surface area contributed by atoms with Gasteiger partial charge in [0.1, 0.15) is 11.5 Å². The molecular weight excluding hydrogens is 394 g/mol. The number of nitrogens with one attached hydrogen (secondary N) is 1. The van der Waals surface area contributed by atoms with Gasteiger partial charge in [-0.1, -0.05) is 26.8 Å². The summed E-state index contributed by atoms with van der Waals surface area (Å²) in [4.78, 5) is 12.1. The molecule has 0 bridgehead atoms. The molecule has 4 nitrogen and oxygen atoms in total. The standard InChI is InChI=1S/C21H26BrNO3/c1-4-16-5-10-20(19(22)13-16)26-14-21(24)23-17-6-8-18(9-7-17)25-12-11-15(2)3/h5-10,13,15H,4,11-12,14H2,1-3H3,(H,23,24). The summed E-state index contributed by atoms with van der Waals surface area (Å²) in [5.41, 5.74) is 1.93. The maximum absolute atomic E-state index is 12.1. The number of hydrogen-bond donors (Lipinski definition) is 1. The van der Waals surface area contributed by atoms with Gasteiger partial charge in [0.05, 0.1) is 11.1 Å². The van der Waals surface area contributed by atoms with Gasteiger partial charge in [-0.2, -0.15) is 0 Å². The summed E-state index contributed by atoms with van der Waals surface area (Å²) in [6.07, 6.45) is 1.97. The fraction of sp³-hybridized carbons (Fsp3) is 0.381. The molecule has 140 valence electrons. The second-order valence-corrected chi connectivity index (χ2v) is 7.36. The van der Waals surface area contributed by atoms with Crippen molar-refractivity contribution in [1.29, 1.82) is 0 Å². The third-order valence-electron chi connectivity index (χ3n) is 3.87. The smallest absolute Gasteiger partial charge is 0.262 e. The predicted molar refractivity (Wildman–Crippen MR) is 109 cm³/mol. The van der Waals surface area contributed by atoms with Crippen LogP contribution in [0.3, 0.4) is 0 Å². The van der Waals surface area contributed by atoms with Crippen LogP contribution >= 0.6 is 15.9 Å². The van der Waals surface area contributed by atoms with E-state index in [9.17, 15) is 4.79 Å². The van der Waals surface area contributed by atoms with Crippen molar-refractivity contribution < 1.29 is 14.3 Å². The first-order valence-corrected chi connectivity index (χ1v) is 9.71. The summed E-state index contributed by atoms with van der Waals surface area (Å²) in [6.45, 7) is 7.08. The van der Waals surface area contributed by atoms with Crippen LogP contribution in [0.2, 0.25) is 0 Å². The Hall–Kier alpha value is -2.01. The maximum Gasteiger partial charge on any atom is 0.262 e. The summed E-state index contributed by atoms with van der Waals surface area (Å²) in [5, 5.41) is 2.82. The van der Waals surface area contributed by atoms with Crippen molar-refractivity contribution in [2.45, 2.75) is 33.6 Å². The topological polar surface area (TPSA) is 47.6 Å². The Bertz CT molecular complexity index is 714.